The zero-order valence-electron chi connectivity index (χ0n) is 18.3. The van der Waals surface area contributed by atoms with Crippen LogP contribution in [0.2, 0.25) is 0 Å². The number of hydrogen-bond acceptors (Lipinski definition) is 7. The van der Waals surface area contributed by atoms with Crippen LogP contribution in [0.1, 0.15) is 24.0 Å². The molecule has 1 fully saturated rings. The van der Waals surface area contributed by atoms with Crippen molar-refractivity contribution < 1.29 is 28.6 Å². The number of ether oxygens (including phenoxy) is 3. The molecule has 174 valence electrons. The van der Waals surface area contributed by atoms with E-state index in [0.29, 0.717) is 0 Å². The van der Waals surface area contributed by atoms with Crippen molar-refractivity contribution in [3.63, 3.8) is 0 Å². The van der Waals surface area contributed by atoms with Crippen LogP contribution in [0.25, 0.3) is 10.9 Å². The molecule has 1 saturated heterocycles. The number of para-hydroxylation sites is 1. The summed E-state index contributed by atoms with van der Waals surface area (Å²) in [5.74, 6) is -1.42. The standard InChI is InChI=1S/C24H22N4O6/c1-15(18-11-25-19-10-6-5-9-17(18)19)21-22(30)26-23(34-21)28-14-33-20(29)12-27(28)24(31)32-13-16-7-3-2-4-8-16/h2-11,15,21,25H,12-14H2,1H3/t15-,21+/m1/s1. The Labute approximate surface area is 194 Å². The van der Waals surface area contributed by atoms with Crippen molar-refractivity contribution in [1.29, 1.82) is 0 Å². The number of benzene rings is 2. The lowest BCUT2D eigenvalue weighted by molar-refractivity contribution is -0.171. The molecule has 0 saturated carbocycles. The van der Waals surface area contributed by atoms with E-state index in [-0.39, 0.29) is 25.3 Å². The van der Waals surface area contributed by atoms with Crippen LogP contribution < -0.4 is 0 Å². The molecule has 2 aromatic carbocycles. The third kappa shape index (κ3) is 4.05. The second-order valence-electron chi connectivity index (χ2n) is 7.99. The van der Waals surface area contributed by atoms with E-state index in [0.717, 1.165) is 27.0 Å². The maximum atomic E-state index is 12.8. The first-order valence-electron chi connectivity index (χ1n) is 10.8. The van der Waals surface area contributed by atoms with Gasteiger partial charge < -0.3 is 19.2 Å². The molecule has 0 spiro atoms. The van der Waals surface area contributed by atoms with Gasteiger partial charge in [-0.1, -0.05) is 55.5 Å². The number of aromatic amines is 1. The van der Waals surface area contributed by atoms with Crippen LogP contribution >= 0.6 is 0 Å². The molecular weight excluding hydrogens is 440 g/mol. The zero-order chi connectivity index (χ0) is 23.7. The molecule has 2 aliphatic heterocycles. The smallest absolute Gasteiger partial charge is 0.429 e. The topological polar surface area (TPSA) is 114 Å². The van der Waals surface area contributed by atoms with E-state index in [9.17, 15) is 14.4 Å². The summed E-state index contributed by atoms with van der Waals surface area (Å²) in [6.45, 7) is 1.16. The normalized spacial score (nSPS) is 19.0. The number of H-pyrrole nitrogens is 1. The average Bonchev–Trinajstić information content (AvgIpc) is 3.46. The minimum atomic E-state index is -0.894. The number of hydrazine groups is 1. The van der Waals surface area contributed by atoms with Gasteiger partial charge in [-0.25, -0.2) is 14.6 Å². The molecular formula is C24H22N4O6. The predicted molar refractivity (Wildman–Crippen MR) is 120 cm³/mol. The van der Waals surface area contributed by atoms with Gasteiger partial charge in [0.05, 0.1) is 0 Å². The van der Waals surface area contributed by atoms with Gasteiger partial charge >= 0.3 is 18.1 Å². The van der Waals surface area contributed by atoms with Crippen molar-refractivity contribution in [3.8, 4) is 0 Å². The number of aliphatic imine (C=N–C) groups is 1. The number of fused-ring (bicyclic) bond motifs is 1. The zero-order valence-corrected chi connectivity index (χ0v) is 18.3. The van der Waals surface area contributed by atoms with E-state index >= 15 is 0 Å². The van der Waals surface area contributed by atoms with Crippen molar-refractivity contribution in [3.05, 3.63) is 71.9 Å². The van der Waals surface area contributed by atoms with Gasteiger partial charge in [0.2, 0.25) is 0 Å². The number of amidine groups is 1. The lowest BCUT2D eigenvalue weighted by atomic mass is 9.94. The van der Waals surface area contributed by atoms with E-state index in [4.69, 9.17) is 14.2 Å². The van der Waals surface area contributed by atoms with Crippen LogP contribution in [0, 0.1) is 0 Å². The Morgan fingerprint density at radius 1 is 1.18 bits per heavy atom. The monoisotopic (exact) mass is 462 g/mol. The SMILES string of the molecule is C[C@H](c1c[nH]c2ccccc12)[C@@H]1OC(N2COC(=O)CN2C(=O)OCc2ccccc2)=NC1=O. The Morgan fingerprint density at radius 2 is 1.94 bits per heavy atom. The molecule has 0 aliphatic carbocycles. The van der Waals surface area contributed by atoms with E-state index in [1.54, 1.807) is 0 Å². The van der Waals surface area contributed by atoms with Gasteiger partial charge in [-0.2, -0.15) is 10.0 Å². The molecule has 0 radical (unpaired) electrons. The Morgan fingerprint density at radius 3 is 2.76 bits per heavy atom. The van der Waals surface area contributed by atoms with Gasteiger partial charge in [0.15, 0.2) is 12.8 Å². The lowest BCUT2D eigenvalue weighted by Crippen LogP contribution is -2.57. The number of cyclic esters (lactones) is 1. The maximum absolute atomic E-state index is 12.8. The molecule has 2 amide bonds. The number of nitrogens with zero attached hydrogens (tertiary/aromatic N) is 3. The Hall–Kier alpha value is -4.34. The first kappa shape index (κ1) is 21.5. The number of carbonyl (C=O) groups is 3. The van der Waals surface area contributed by atoms with Crippen molar-refractivity contribution in [2.24, 2.45) is 4.99 Å². The van der Waals surface area contributed by atoms with Crippen LogP contribution in [-0.2, 0) is 30.4 Å². The van der Waals surface area contributed by atoms with Crippen molar-refractivity contribution in [2.75, 3.05) is 13.3 Å². The fourth-order valence-corrected chi connectivity index (χ4v) is 3.99. The summed E-state index contributed by atoms with van der Waals surface area (Å²) in [6.07, 6.45) is 0.168. The molecule has 1 aromatic heterocycles. The molecule has 0 bridgehead atoms. The van der Waals surface area contributed by atoms with Crippen molar-refractivity contribution in [1.82, 2.24) is 15.0 Å². The molecule has 3 aromatic rings. The third-order valence-corrected chi connectivity index (χ3v) is 5.80. The van der Waals surface area contributed by atoms with E-state index < -0.39 is 30.6 Å². The summed E-state index contributed by atoms with van der Waals surface area (Å²) in [5.41, 5.74) is 2.65. The molecule has 0 unspecified atom stereocenters. The average molecular weight is 462 g/mol. The Balaban J connectivity index is 1.31. The largest absolute Gasteiger partial charge is 0.449 e. The number of esters is 1. The third-order valence-electron chi connectivity index (χ3n) is 5.80. The van der Waals surface area contributed by atoms with E-state index in [1.165, 1.54) is 5.01 Å². The van der Waals surface area contributed by atoms with Gasteiger partial charge in [-0.15, -0.1) is 0 Å². The van der Waals surface area contributed by atoms with Crippen molar-refractivity contribution in [2.45, 2.75) is 25.6 Å². The van der Waals surface area contributed by atoms with Crippen LogP contribution in [0.15, 0.2) is 65.8 Å². The number of rotatable bonds is 4. The van der Waals surface area contributed by atoms with Gasteiger partial charge in [0.1, 0.15) is 13.2 Å². The van der Waals surface area contributed by atoms with Crippen LogP contribution in [0.5, 0.6) is 0 Å². The molecule has 10 heteroatoms. The van der Waals surface area contributed by atoms with Gasteiger partial charge in [-0.3, -0.25) is 4.79 Å². The van der Waals surface area contributed by atoms with E-state index in [2.05, 4.69) is 9.98 Å². The summed E-state index contributed by atoms with van der Waals surface area (Å²) in [7, 11) is 0. The Bertz CT molecular complexity index is 1270. The highest BCUT2D eigenvalue weighted by atomic mass is 16.6. The number of aromatic nitrogens is 1. The number of carbonyl (C=O) groups excluding carboxylic acids is 3. The first-order chi connectivity index (χ1) is 16.5. The second-order valence-corrected chi connectivity index (χ2v) is 7.99. The minimum absolute atomic E-state index is 0.0194. The summed E-state index contributed by atoms with van der Waals surface area (Å²) >= 11 is 0. The fourth-order valence-electron chi connectivity index (χ4n) is 3.99. The molecule has 34 heavy (non-hydrogen) atoms. The summed E-state index contributed by atoms with van der Waals surface area (Å²) in [5, 5.41) is 3.21. The highest BCUT2D eigenvalue weighted by molar-refractivity contribution is 6.00. The lowest BCUT2D eigenvalue weighted by Gasteiger charge is -2.36. The molecule has 1 N–H and O–H groups in total. The highest BCUT2D eigenvalue weighted by Crippen LogP contribution is 2.32. The summed E-state index contributed by atoms with van der Waals surface area (Å²) < 4.78 is 16.3. The molecule has 2 aliphatic rings. The fraction of sp³-hybridized carbons (Fsp3) is 0.250. The molecule has 10 nitrogen and oxygen atoms in total. The van der Waals surface area contributed by atoms with E-state index in [1.807, 2.05) is 67.7 Å². The Kier molecular flexibility index (Phi) is 5.62. The molecule has 3 heterocycles. The maximum Gasteiger partial charge on any atom is 0.429 e. The van der Waals surface area contributed by atoms with Crippen LogP contribution in [0.4, 0.5) is 4.79 Å². The molecule has 2 atom stereocenters. The second kappa shape index (κ2) is 8.89. The van der Waals surface area contributed by atoms with Gasteiger partial charge in [0, 0.05) is 23.0 Å². The number of nitrogens with one attached hydrogen (secondary N) is 1. The van der Waals surface area contributed by atoms with Crippen LogP contribution in [-0.4, -0.2) is 58.4 Å². The first-order valence-corrected chi connectivity index (χ1v) is 10.8. The molecule has 5 rings (SSSR count). The number of hydrogen-bond donors (Lipinski definition) is 1. The summed E-state index contributed by atoms with van der Waals surface area (Å²) in [4.78, 5) is 44.6. The van der Waals surface area contributed by atoms with Gasteiger partial charge in [0.25, 0.3) is 5.91 Å². The number of amides is 2. The van der Waals surface area contributed by atoms with Gasteiger partial charge in [-0.05, 0) is 17.2 Å². The predicted octanol–water partition coefficient (Wildman–Crippen LogP) is 2.92. The van der Waals surface area contributed by atoms with Crippen molar-refractivity contribution >= 4 is 34.9 Å². The quantitative estimate of drug-likeness (QED) is 0.593. The summed E-state index contributed by atoms with van der Waals surface area (Å²) in [6, 6.07) is 16.8. The highest BCUT2D eigenvalue weighted by Gasteiger charge is 2.42. The minimum Gasteiger partial charge on any atom is -0.449 e. The van der Waals surface area contributed by atoms with Crippen LogP contribution in [0.3, 0.4) is 0 Å².